The molecule has 1 N–H and O–H groups in total. The summed E-state index contributed by atoms with van der Waals surface area (Å²) in [4.78, 5) is 12.1. The monoisotopic (exact) mass is 307 g/mol. The van der Waals surface area contributed by atoms with E-state index in [9.17, 15) is 22.4 Å². The Hall–Kier alpha value is -1.83. The van der Waals surface area contributed by atoms with Crippen LogP contribution in [0.5, 0.6) is 0 Å². The van der Waals surface area contributed by atoms with Crippen LogP contribution in [0, 0.1) is 11.6 Å². The lowest BCUT2D eigenvalue weighted by Crippen LogP contribution is -2.46. The summed E-state index contributed by atoms with van der Waals surface area (Å²) >= 11 is 0. The van der Waals surface area contributed by atoms with Crippen LogP contribution in [0.2, 0.25) is 0 Å². The zero-order chi connectivity index (χ0) is 15.6. The number of hydrogen-bond donors (Lipinski definition) is 1. The lowest BCUT2D eigenvalue weighted by atomic mass is 10.1. The molecule has 1 aromatic carbocycles. The van der Waals surface area contributed by atoms with Gasteiger partial charge in [-0.15, -0.1) is 0 Å². The second-order valence-electron chi connectivity index (χ2n) is 4.64. The molecule has 1 aliphatic rings. The molecule has 0 aliphatic carbocycles. The molecule has 2 rings (SSSR count). The molecule has 4 nitrogen and oxygen atoms in total. The minimum atomic E-state index is -2.58. The molecular weight excluding hydrogens is 294 g/mol. The first kappa shape index (κ1) is 15.6. The minimum absolute atomic E-state index is 0.0221. The maximum Gasteiger partial charge on any atom is 0.341 e. The lowest BCUT2D eigenvalue weighted by molar-refractivity contribution is 0.0584. The number of carboxylic acid groups (broad SMARTS) is 1. The summed E-state index contributed by atoms with van der Waals surface area (Å²) in [5.74, 6) is -4.19. The molecule has 0 aromatic heterocycles. The Labute approximate surface area is 117 Å². The van der Waals surface area contributed by atoms with Crippen LogP contribution < -0.4 is 4.90 Å². The number of carboxylic acids is 1. The van der Waals surface area contributed by atoms with Gasteiger partial charge in [-0.25, -0.2) is 22.4 Å². The van der Waals surface area contributed by atoms with Gasteiger partial charge >= 0.3 is 5.97 Å². The zero-order valence-electron chi connectivity index (χ0n) is 10.9. The number of anilines is 1. The van der Waals surface area contributed by atoms with Gasteiger partial charge in [0, 0.05) is 18.7 Å². The van der Waals surface area contributed by atoms with Crippen molar-refractivity contribution in [1.82, 2.24) is 0 Å². The van der Waals surface area contributed by atoms with Crippen LogP contribution in [0.15, 0.2) is 12.1 Å². The van der Waals surface area contributed by atoms with Crippen molar-refractivity contribution in [2.75, 3.05) is 24.7 Å². The highest BCUT2D eigenvalue weighted by Gasteiger charge is 2.28. The Morgan fingerprint density at radius 2 is 2.00 bits per heavy atom. The van der Waals surface area contributed by atoms with Gasteiger partial charge in [-0.3, -0.25) is 0 Å². The molecule has 1 atom stereocenters. The Morgan fingerprint density at radius 3 is 2.52 bits per heavy atom. The Bertz CT molecular complexity index is 515. The van der Waals surface area contributed by atoms with Crippen molar-refractivity contribution in [2.24, 2.45) is 0 Å². The number of ether oxygens (including phenoxy) is 1. The van der Waals surface area contributed by atoms with Gasteiger partial charge in [0.25, 0.3) is 0 Å². The number of aromatic carboxylic acids is 1. The fraction of sp³-hybridized carbons (Fsp3) is 0.462. The van der Waals surface area contributed by atoms with E-state index in [1.54, 1.807) is 0 Å². The molecule has 0 unspecified atom stereocenters. The topological polar surface area (TPSA) is 49.8 Å². The average Bonchev–Trinajstić information content (AvgIpc) is 2.37. The van der Waals surface area contributed by atoms with Crippen molar-refractivity contribution in [3.63, 3.8) is 0 Å². The predicted octanol–water partition coefficient (Wildman–Crippen LogP) is 2.52. The number of nitrogens with zero attached hydrogens (tertiary/aromatic N) is 1. The van der Waals surface area contributed by atoms with Crippen LogP contribution in [-0.2, 0) is 4.74 Å². The molecule has 0 bridgehead atoms. The van der Waals surface area contributed by atoms with Gasteiger partial charge in [-0.1, -0.05) is 0 Å². The van der Waals surface area contributed by atoms with Crippen LogP contribution in [0.1, 0.15) is 16.8 Å². The van der Waals surface area contributed by atoms with Crippen molar-refractivity contribution < 1.29 is 32.2 Å². The van der Waals surface area contributed by atoms with Gasteiger partial charge in [0.15, 0.2) is 0 Å². The molecule has 0 spiro atoms. The minimum Gasteiger partial charge on any atom is -0.477 e. The van der Waals surface area contributed by atoms with Gasteiger partial charge in [0.2, 0.25) is 6.43 Å². The van der Waals surface area contributed by atoms with Gasteiger partial charge in [-0.2, -0.15) is 0 Å². The van der Waals surface area contributed by atoms with Gasteiger partial charge < -0.3 is 14.7 Å². The number of hydrogen-bond acceptors (Lipinski definition) is 3. The molecule has 8 heteroatoms. The van der Waals surface area contributed by atoms with E-state index in [1.165, 1.54) is 4.90 Å². The third-order valence-electron chi connectivity index (χ3n) is 3.25. The first-order valence-electron chi connectivity index (χ1n) is 6.25. The van der Waals surface area contributed by atoms with Crippen molar-refractivity contribution in [1.29, 1.82) is 0 Å². The molecule has 21 heavy (non-hydrogen) atoms. The number of alkyl halides is 2. The van der Waals surface area contributed by atoms with Crippen LogP contribution in [0.25, 0.3) is 0 Å². The van der Waals surface area contributed by atoms with Gasteiger partial charge in [0.1, 0.15) is 17.2 Å². The van der Waals surface area contributed by atoms with Crippen molar-refractivity contribution >= 4 is 11.7 Å². The first-order valence-corrected chi connectivity index (χ1v) is 6.25. The molecule has 1 fully saturated rings. The predicted molar refractivity (Wildman–Crippen MR) is 65.9 cm³/mol. The Kier molecular flexibility index (Phi) is 4.66. The smallest absolute Gasteiger partial charge is 0.341 e. The van der Waals surface area contributed by atoms with E-state index in [1.807, 2.05) is 0 Å². The maximum atomic E-state index is 13.7. The highest BCUT2D eigenvalue weighted by Crippen LogP contribution is 2.27. The summed E-state index contributed by atoms with van der Waals surface area (Å²) in [5.41, 5.74) is -1.03. The number of morpholine rings is 1. The van der Waals surface area contributed by atoms with Crippen molar-refractivity contribution in [3.05, 3.63) is 29.3 Å². The fourth-order valence-corrected chi connectivity index (χ4v) is 2.33. The highest BCUT2D eigenvalue weighted by molar-refractivity contribution is 5.88. The van der Waals surface area contributed by atoms with E-state index in [-0.39, 0.29) is 25.4 Å². The average molecular weight is 307 g/mol. The van der Waals surface area contributed by atoms with Crippen molar-refractivity contribution in [3.8, 4) is 0 Å². The second-order valence-corrected chi connectivity index (χ2v) is 4.64. The van der Waals surface area contributed by atoms with Gasteiger partial charge in [0.05, 0.1) is 19.3 Å². The van der Waals surface area contributed by atoms with Crippen molar-refractivity contribution in [2.45, 2.75) is 18.9 Å². The summed E-state index contributed by atoms with van der Waals surface area (Å²) in [6.07, 6.45) is -3.07. The number of benzene rings is 1. The lowest BCUT2D eigenvalue weighted by Gasteiger charge is -2.37. The molecular formula is C13H13F4NO3. The Morgan fingerprint density at radius 1 is 1.38 bits per heavy atom. The van der Waals surface area contributed by atoms with E-state index >= 15 is 0 Å². The number of halogens is 4. The Balaban J connectivity index is 2.33. The first-order chi connectivity index (χ1) is 9.90. The SMILES string of the molecule is O=C(O)c1c(F)cc(N2CCOC[C@@H]2CC(F)F)cc1F. The van der Waals surface area contributed by atoms with Gasteiger partial charge in [-0.05, 0) is 12.1 Å². The molecule has 1 aromatic rings. The summed E-state index contributed by atoms with van der Waals surface area (Å²) in [6.45, 7) is 0.459. The van der Waals surface area contributed by atoms with Crippen LogP contribution in [0.3, 0.4) is 0 Å². The third kappa shape index (κ3) is 3.44. The second kappa shape index (κ2) is 6.30. The highest BCUT2D eigenvalue weighted by atomic mass is 19.3. The van der Waals surface area contributed by atoms with E-state index in [0.29, 0.717) is 0 Å². The maximum absolute atomic E-state index is 13.7. The van der Waals surface area contributed by atoms with Crippen LogP contribution in [-0.4, -0.2) is 43.3 Å². The molecule has 116 valence electrons. The molecule has 0 amide bonds. The quantitative estimate of drug-likeness (QED) is 0.869. The molecule has 1 aliphatic heterocycles. The zero-order valence-corrected chi connectivity index (χ0v) is 10.9. The molecule has 0 saturated carbocycles. The summed E-state index contributed by atoms with van der Waals surface area (Å²) in [7, 11) is 0. The van der Waals surface area contributed by atoms with E-state index < -0.39 is 42.1 Å². The summed E-state index contributed by atoms with van der Waals surface area (Å²) < 4.78 is 57.5. The fourth-order valence-electron chi connectivity index (χ4n) is 2.33. The normalized spacial score (nSPS) is 19.1. The van der Waals surface area contributed by atoms with Crippen LogP contribution in [0.4, 0.5) is 23.2 Å². The number of carbonyl (C=O) groups is 1. The third-order valence-corrected chi connectivity index (χ3v) is 3.25. The van der Waals surface area contributed by atoms with E-state index in [0.717, 1.165) is 12.1 Å². The van der Waals surface area contributed by atoms with E-state index in [2.05, 4.69) is 0 Å². The largest absolute Gasteiger partial charge is 0.477 e. The molecule has 0 radical (unpaired) electrons. The standard InChI is InChI=1S/C13H13F4NO3/c14-9-3-7(4-10(15)12(9)13(19)20)18-1-2-21-6-8(18)5-11(16)17/h3-4,8,11H,1-2,5-6H2,(H,19,20)/t8-/m0/s1. The van der Waals surface area contributed by atoms with E-state index in [4.69, 9.17) is 9.84 Å². The summed E-state index contributed by atoms with van der Waals surface area (Å²) in [6, 6.07) is 0.973. The molecule has 1 saturated heterocycles. The van der Waals surface area contributed by atoms with Crippen LogP contribution >= 0.6 is 0 Å². The molecule has 1 heterocycles. The number of rotatable bonds is 4. The summed E-state index contributed by atoms with van der Waals surface area (Å²) in [5, 5.41) is 8.71.